The number of anilines is 1. The molecule has 2 aromatic carbocycles. The number of aliphatic carboxylic acids is 1. The summed E-state index contributed by atoms with van der Waals surface area (Å²) in [6.45, 7) is 0. The van der Waals surface area contributed by atoms with Crippen molar-refractivity contribution >= 4 is 28.4 Å². The maximum Gasteiger partial charge on any atom is 0.310 e. The summed E-state index contributed by atoms with van der Waals surface area (Å²) in [6, 6.07) is 16.9. The molecule has 0 aromatic heterocycles. The summed E-state index contributed by atoms with van der Waals surface area (Å²) < 4.78 is 12.4. The second-order valence-corrected chi connectivity index (χ2v) is 8.54. The Morgan fingerprint density at radius 1 is 1.00 bits per heavy atom. The number of amides is 1. The highest BCUT2D eigenvalue weighted by Crippen LogP contribution is 2.44. The zero-order chi connectivity index (χ0) is 19.3. The molecule has 1 amide bonds. The molecule has 3 rings (SSSR count). The predicted molar refractivity (Wildman–Crippen MR) is 106 cm³/mol. The number of hydrogen-bond acceptors (Lipinski definition) is 3. The van der Waals surface area contributed by atoms with Crippen LogP contribution in [0.4, 0.5) is 5.69 Å². The highest BCUT2D eigenvalue weighted by atomic mass is 32.2. The van der Waals surface area contributed by atoms with Gasteiger partial charge in [0.2, 0.25) is 5.91 Å². The lowest BCUT2D eigenvalue weighted by molar-refractivity contribution is -0.157. The van der Waals surface area contributed by atoms with Crippen LogP contribution >= 0.6 is 0 Å². The van der Waals surface area contributed by atoms with Crippen LogP contribution in [-0.4, -0.2) is 21.2 Å². The van der Waals surface area contributed by atoms with Crippen LogP contribution in [0.1, 0.15) is 36.8 Å². The van der Waals surface area contributed by atoms with Crippen LogP contribution in [0.2, 0.25) is 0 Å². The second-order valence-electron chi connectivity index (χ2n) is 7.08. The number of carbonyl (C=O) groups is 2. The average Bonchev–Trinajstić information content (AvgIpc) is 2.59. The van der Waals surface area contributed by atoms with E-state index in [2.05, 4.69) is 5.32 Å². The molecule has 0 saturated heterocycles. The van der Waals surface area contributed by atoms with Gasteiger partial charge in [0.05, 0.1) is 5.41 Å². The Labute approximate surface area is 161 Å². The topological polar surface area (TPSA) is 83.5 Å². The van der Waals surface area contributed by atoms with Crippen molar-refractivity contribution in [3.63, 3.8) is 0 Å². The minimum absolute atomic E-state index is 0.00744. The second kappa shape index (κ2) is 8.48. The van der Waals surface area contributed by atoms with Crippen molar-refractivity contribution in [3.05, 3.63) is 65.7 Å². The van der Waals surface area contributed by atoms with E-state index in [-0.39, 0.29) is 12.3 Å². The van der Waals surface area contributed by atoms with Gasteiger partial charge in [-0.3, -0.25) is 13.8 Å². The minimum Gasteiger partial charge on any atom is -0.481 e. The Morgan fingerprint density at radius 3 is 2.30 bits per heavy atom. The molecule has 6 heteroatoms. The normalized spacial score (nSPS) is 16.1. The molecule has 1 unspecified atom stereocenters. The highest BCUT2D eigenvalue weighted by molar-refractivity contribution is 7.83. The Morgan fingerprint density at radius 2 is 1.67 bits per heavy atom. The molecule has 0 spiro atoms. The maximum atomic E-state index is 12.4. The number of carbonyl (C=O) groups excluding carboxylic acids is 1. The van der Waals surface area contributed by atoms with Crippen molar-refractivity contribution in [1.82, 2.24) is 0 Å². The summed E-state index contributed by atoms with van der Waals surface area (Å²) in [5.41, 5.74) is 1.60. The molecule has 0 heterocycles. The van der Waals surface area contributed by atoms with E-state index in [4.69, 9.17) is 0 Å². The highest BCUT2D eigenvalue weighted by Gasteiger charge is 2.45. The minimum atomic E-state index is -1.05. The van der Waals surface area contributed by atoms with E-state index in [9.17, 15) is 18.9 Å². The zero-order valence-corrected chi connectivity index (χ0v) is 15.8. The molecule has 1 atom stereocenters. The first-order valence-corrected chi connectivity index (χ1v) is 10.5. The number of carboxylic acid groups (broad SMARTS) is 1. The SMILES string of the molecule is O=C(CC1(C(=O)O)CCC1)Nc1cccc(CS(=O)Cc2ccccc2)c1. The van der Waals surface area contributed by atoms with Crippen molar-refractivity contribution in [2.75, 3.05) is 5.32 Å². The molecule has 2 aromatic rings. The van der Waals surface area contributed by atoms with Crippen molar-refractivity contribution in [3.8, 4) is 0 Å². The third kappa shape index (κ3) is 5.04. The van der Waals surface area contributed by atoms with Gasteiger partial charge in [0.1, 0.15) is 0 Å². The smallest absolute Gasteiger partial charge is 0.310 e. The van der Waals surface area contributed by atoms with Gasteiger partial charge in [-0.1, -0.05) is 48.9 Å². The first kappa shape index (κ1) is 19.3. The van der Waals surface area contributed by atoms with E-state index in [0.29, 0.717) is 30.0 Å². The van der Waals surface area contributed by atoms with E-state index >= 15 is 0 Å². The van der Waals surface area contributed by atoms with Crippen molar-refractivity contribution < 1.29 is 18.9 Å². The van der Waals surface area contributed by atoms with E-state index in [0.717, 1.165) is 17.5 Å². The summed E-state index contributed by atoms with van der Waals surface area (Å²) in [6.07, 6.45) is 1.94. The van der Waals surface area contributed by atoms with E-state index < -0.39 is 22.2 Å². The molecule has 2 N–H and O–H groups in total. The summed E-state index contributed by atoms with van der Waals surface area (Å²) in [5.74, 6) is -0.301. The van der Waals surface area contributed by atoms with Gasteiger partial charge in [-0.2, -0.15) is 0 Å². The summed E-state index contributed by atoms with van der Waals surface area (Å²) >= 11 is 0. The van der Waals surface area contributed by atoms with Crippen LogP contribution in [0.25, 0.3) is 0 Å². The molecule has 1 fully saturated rings. The van der Waals surface area contributed by atoms with Crippen LogP contribution in [0, 0.1) is 5.41 Å². The zero-order valence-electron chi connectivity index (χ0n) is 15.0. The third-order valence-electron chi connectivity index (χ3n) is 4.97. The van der Waals surface area contributed by atoms with Crippen LogP contribution in [-0.2, 0) is 31.9 Å². The van der Waals surface area contributed by atoms with Gasteiger partial charge in [-0.05, 0) is 36.1 Å². The molecule has 0 bridgehead atoms. The van der Waals surface area contributed by atoms with E-state index in [1.807, 2.05) is 36.4 Å². The van der Waals surface area contributed by atoms with E-state index in [1.165, 1.54) is 0 Å². The summed E-state index contributed by atoms with van der Waals surface area (Å²) in [5, 5.41) is 12.1. The summed E-state index contributed by atoms with van der Waals surface area (Å²) in [7, 11) is -1.05. The van der Waals surface area contributed by atoms with Gasteiger partial charge in [-0.15, -0.1) is 0 Å². The van der Waals surface area contributed by atoms with Gasteiger partial charge in [-0.25, -0.2) is 0 Å². The average molecular weight is 385 g/mol. The largest absolute Gasteiger partial charge is 0.481 e. The molecule has 5 nitrogen and oxygen atoms in total. The lowest BCUT2D eigenvalue weighted by Crippen LogP contribution is -2.41. The molecule has 142 valence electrons. The Hall–Kier alpha value is -2.47. The van der Waals surface area contributed by atoms with Gasteiger partial charge in [0, 0.05) is 34.4 Å². The Bertz CT molecular complexity index is 846. The monoisotopic (exact) mass is 385 g/mol. The number of rotatable bonds is 8. The fourth-order valence-electron chi connectivity index (χ4n) is 3.32. The van der Waals surface area contributed by atoms with Gasteiger partial charge < -0.3 is 10.4 Å². The van der Waals surface area contributed by atoms with Crippen molar-refractivity contribution in [1.29, 1.82) is 0 Å². The number of nitrogens with one attached hydrogen (secondary N) is 1. The molecule has 1 saturated carbocycles. The molecular weight excluding hydrogens is 362 g/mol. The third-order valence-corrected chi connectivity index (χ3v) is 6.28. The van der Waals surface area contributed by atoms with Gasteiger partial charge in [0.25, 0.3) is 0 Å². The van der Waals surface area contributed by atoms with Crippen molar-refractivity contribution in [2.24, 2.45) is 5.41 Å². The maximum absolute atomic E-state index is 12.4. The summed E-state index contributed by atoms with van der Waals surface area (Å²) in [4.78, 5) is 23.7. The quantitative estimate of drug-likeness (QED) is 0.725. The standard InChI is InChI=1S/C21H23NO4S/c23-19(13-21(20(24)25)10-5-11-21)22-18-9-4-8-17(12-18)15-27(26)14-16-6-2-1-3-7-16/h1-4,6-9,12H,5,10-11,13-15H2,(H,22,23)(H,24,25). The molecular formula is C21H23NO4S. The number of carboxylic acids is 1. The lowest BCUT2D eigenvalue weighted by Gasteiger charge is -2.36. The predicted octanol–water partition coefficient (Wildman–Crippen LogP) is 3.72. The fraction of sp³-hybridized carbons (Fsp3) is 0.333. The van der Waals surface area contributed by atoms with Crippen LogP contribution < -0.4 is 5.32 Å². The number of hydrogen-bond donors (Lipinski definition) is 2. The first-order chi connectivity index (χ1) is 13.0. The fourth-order valence-corrected chi connectivity index (χ4v) is 4.54. The first-order valence-electron chi connectivity index (χ1n) is 8.98. The Kier molecular flexibility index (Phi) is 6.06. The molecule has 0 radical (unpaired) electrons. The van der Waals surface area contributed by atoms with Crippen LogP contribution in [0.3, 0.4) is 0 Å². The van der Waals surface area contributed by atoms with E-state index in [1.54, 1.807) is 18.2 Å². The number of benzene rings is 2. The molecule has 0 aliphatic heterocycles. The van der Waals surface area contributed by atoms with Crippen LogP contribution in [0.15, 0.2) is 54.6 Å². The lowest BCUT2D eigenvalue weighted by atomic mass is 9.66. The van der Waals surface area contributed by atoms with Gasteiger partial charge in [0.15, 0.2) is 0 Å². The molecule has 27 heavy (non-hydrogen) atoms. The molecule has 1 aliphatic rings. The van der Waals surface area contributed by atoms with Crippen molar-refractivity contribution in [2.45, 2.75) is 37.2 Å². The van der Waals surface area contributed by atoms with Gasteiger partial charge >= 0.3 is 5.97 Å². The Balaban J connectivity index is 1.57. The van der Waals surface area contributed by atoms with Crippen LogP contribution in [0.5, 0.6) is 0 Å². The molecule has 1 aliphatic carbocycles.